The van der Waals surface area contributed by atoms with Gasteiger partial charge in [-0.2, -0.15) is 0 Å². The van der Waals surface area contributed by atoms with E-state index in [2.05, 4.69) is 6.07 Å². The Kier molecular flexibility index (Phi) is 4.98. The third-order valence-electron chi connectivity index (χ3n) is 4.27. The number of benzene rings is 2. The van der Waals surface area contributed by atoms with Crippen LogP contribution in [-0.2, 0) is 20.7 Å². The fraction of sp³-hybridized carbons (Fsp3) is 0.238. The highest BCUT2D eigenvalue weighted by molar-refractivity contribution is 5.94. The number of nitrogens with zero attached hydrogens (tertiary/aromatic N) is 1. The van der Waals surface area contributed by atoms with Crippen molar-refractivity contribution in [2.45, 2.75) is 20.3 Å². The van der Waals surface area contributed by atoms with E-state index in [-0.39, 0.29) is 11.9 Å². The largest absolute Gasteiger partial charge is 0.463 e. The molecule has 4 heteroatoms. The summed E-state index contributed by atoms with van der Waals surface area (Å²) < 4.78 is 4.90. The number of rotatable bonds is 4. The summed E-state index contributed by atoms with van der Waals surface area (Å²) >= 11 is 0. The van der Waals surface area contributed by atoms with Gasteiger partial charge in [0, 0.05) is 25.2 Å². The molecule has 0 saturated carbocycles. The van der Waals surface area contributed by atoms with E-state index in [0.717, 1.165) is 35.3 Å². The Balaban J connectivity index is 1.85. The minimum Gasteiger partial charge on any atom is -0.463 e. The van der Waals surface area contributed by atoms with Crippen LogP contribution in [0.3, 0.4) is 0 Å². The third kappa shape index (κ3) is 3.79. The predicted molar refractivity (Wildman–Crippen MR) is 99.3 cm³/mol. The molecule has 0 radical (unpaired) electrons. The lowest BCUT2D eigenvalue weighted by Crippen LogP contribution is -2.25. The van der Waals surface area contributed by atoms with Crippen molar-refractivity contribution in [1.82, 2.24) is 0 Å². The first-order valence-corrected chi connectivity index (χ1v) is 8.45. The second-order valence-electron chi connectivity index (χ2n) is 5.97. The van der Waals surface area contributed by atoms with Gasteiger partial charge >= 0.3 is 5.97 Å². The number of fused-ring (bicyclic) bond motifs is 1. The van der Waals surface area contributed by atoms with E-state index in [1.54, 1.807) is 19.9 Å². The quantitative estimate of drug-likeness (QED) is 0.630. The van der Waals surface area contributed by atoms with E-state index in [0.29, 0.717) is 6.61 Å². The Morgan fingerprint density at radius 1 is 1.16 bits per heavy atom. The first-order valence-electron chi connectivity index (χ1n) is 8.45. The van der Waals surface area contributed by atoms with Crippen LogP contribution in [0.15, 0.2) is 48.5 Å². The van der Waals surface area contributed by atoms with Crippen LogP contribution >= 0.6 is 0 Å². The molecular weight excluding hydrogens is 314 g/mol. The van der Waals surface area contributed by atoms with E-state index in [4.69, 9.17) is 4.74 Å². The van der Waals surface area contributed by atoms with Crippen LogP contribution in [0, 0.1) is 0 Å². The first kappa shape index (κ1) is 17.0. The lowest BCUT2D eigenvalue weighted by atomic mass is 10.00. The first-order chi connectivity index (χ1) is 12.1. The summed E-state index contributed by atoms with van der Waals surface area (Å²) in [6, 6.07) is 14.2. The third-order valence-corrected chi connectivity index (χ3v) is 4.27. The monoisotopic (exact) mass is 335 g/mol. The average Bonchev–Trinajstić information content (AvgIpc) is 3.04. The Morgan fingerprint density at radius 3 is 2.72 bits per heavy atom. The lowest BCUT2D eigenvalue weighted by Gasteiger charge is -2.15. The Hall–Kier alpha value is -2.88. The maximum atomic E-state index is 11.7. The standard InChI is InChI=1S/C21H21NO3/c1-3-25-21(24)10-7-16-5-4-6-17(13-16)18-8-9-20-19(14-18)11-12-22(20)15(2)23/h4-10,13-14H,3,11-12H2,1-2H3. The number of amides is 1. The van der Waals surface area contributed by atoms with Gasteiger partial charge in [-0.1, -0.05) is 24.3 Å². The Labute approximate surface area is 147 Å². The van der Waals surface area contributed by atoms with Crippen molar-refractivity contribution < 1.29 is 14.3 Å². The minimum absolute atomic E-state index is 0.0811. The zero-order valence-electron chi connectivity index (χ0n) is 14.5. The number of carbonyl (C=O) groups excluding carboxylic acids is 2. The molecule has 0 aliphatic carbocycles. The van der Waals surface area contributed by atoms with Crippen molar-refractivity contribution in [2.24, 2.45) is 0 Å². The van der Waals surface area contributed by atoms with E-state index in [9.17, 15) is 9.59 Å². The number of hydrogen-bond acceptors (Lipinski definition) is 3. The molecular formula is C21H21NO3. The summed E-state index contributed by atoms with van der Waals surface area (Å²) in [4.78, 5) is 24.9. The molecule has 1 aliphatic heterocycles. The molecule has 0 bridgehead atoms. The van der Waals surface area contributed by atoms with Crippen LogP contribution in [0.2, 0.25) is 0 Å². The van der Waals surface area contributed by atoms with Crippen LogP contribution in [0.5, 0.6) is 0 Å². The Bertz CT molecular complexity index is 839. The van der Waals surface area contributed by atoms with Crippen LogP contribution < -0.4 is 4.90 Å². The topological polar surface area (TPSA) is 46.6 Å². The van der Waals surface area contributed by atoms with E-state index < -0.39 is 0 Å². The number of hydrogen-bond donors (Lipinski definition) is 0. The van der Waals surface area contributed by atoms with Gasteiger partial charge in [-0.15, -0.1) is 0 Å². The predicted octanol–water partition coefficient (Wildman–Crippen LogP) is 3.84. The van der Waals surface area contributed by atoms with Gasteiger partial charge < -0.3 is 9.64 Å². The highest BCUT2D eigenvalue weighted by Gasteiger charge is 2.22. The number of esters is 1. The van der Waals surface area contributed by atoms with Gasteiger partial charge in [-0.3, -0.25) is 4.79 Å². The summed E-state index contributed by atoms with van der Waals surface area (Å²) in [5.74, 6) is -0.257. The normalized spacial score (nSPS) is 13.1. The summed E-state index contributed by atoms with van der Waals surface area (Å²) in [6.07, 6.45) is 4.08. The number of anilines is 1. The van der Waals surface area contributed by atoms with Crippen molar-refractivity contribution in [3.05, 3.63) is 59.7 Å². The number of ether oxygens (including phenoxy) is 1. The second-order valence-corrected chi connectivity index (χ2v) is 5.97. The summed E-state index contributed by atoms with van der Waals surface area (Å²) in [7, 11) is 0. The van der Waals surface area contributed by atoms with Gasteiger partial charge in [-0.05, 0) is 59.9 Å². The zero-order chi connectivity index (χ0) is 17.8. The van der Waals surface area contributed by atoms with Crippen molar-refractivity contribution in [2.75, 3.05) is 18.1 Å². The highest BCUT2D eigenvalue weighted by atomic mass is 16.5. The fourth-order valence-corrected chi connectivity index (χ4v) is 3.08. The van der Waals surface area contributed by atoms with Crippen molar-refractivity contribution in [3.8, 4) is 11.1 Å². The molecule has 0 N–H and O–H groups in total. The van der Waals surface area contributed by atoms with Gasteiger partial charge in [0.1, 0.15) is 0 Å². The second kappa shape index (κ2) is 7.34. The van der Waals surface area contributed by atoms with Crippen LogP contribution in [-0.4, -0.2) is 25.0 Å². The van der Waals surface area contributed by atoms with Crippen LogP contribution in [0.1, 0.15) is 25.0 Å². The Morgan fingerprint density at radius 2 is 1.96 bits per heavy atom. The molecule has 1 heterocycles. The molecule has 25 heavy (non-hydrogen) atoms. The van der Waals surface area contributed by atoms with Gasteiger partial charge in [0.05, 0.1) is 6.61 Å². The average molecular weight is 335 g/mol. The molecule has 128 valence electrons. The van der Waals surface area contributed by atoms with Crippen molar-refractivity contribution in [1.29, 1.82) is 0 Å². The molecule has 0 fully saturated rings. The highest BCUT2D eigenvalue weighted by Crippen LogP contribution is 2.32. The molecule has 0 saturated heterocycles. The SMILES string of the molecule is CCOC(=O)C=Cc1cccc(-c2ccc3c(c2)CCN3C(C)=O)c1. The molecule has 0 atom stereocenters. The summed E-state index contributed by atoms with van der Waals surface area (Å²) in [5, 5.41) is 0. The lowest BCUT2D eigenvalue weighted by molar-refractivity contribution is -0.137. The minimum atomic E-state index is -0.338. The number of carbonyl (C=O) groups is 2. The maximum Gasteiger partial charge on any atom is 0.330 e. The molecule has 3 rings (SSSR count). The van der Waals surface area contributed by atoms with Crippen molar-refractivity contribution >= 4 is 23.6 Å². The van der Waals surface area contributed by atoms with E-state index in [1.165, 1.54) is 11.6 Å². The molecule has 2 aromatic carbocycles. The molecule has 0 unspecified atom stereocenters. The summed E-state index contributed by atoms with van der Waals surface area (Å²) in [6.45, 7) is 4.50. The van der Waals surface area contributed by atoms with Crippen molar-refractivity contribution in [3.63, 3.8) is 0 Å². The van der Waals surface area contributed by atoms with E-state index >= 15 is 0 Å². The van der Waals surface area contributed by atoms with Gasteiger partial charge in [0.25, 0.3) is 0 Å². The maximum absolute atomic E-state index is 11.7. The molecule has 1 aliphatic rings. The fourth-order valence-electron chi connectivity index (χ4n) is 3.08. The molecule has 0 spiro atoms. The van der Waals surface area contributed by atoms with Crippen LogP contribution in [0.25, 0.3) is 17.2 Å². The van der Waals surface area contributed by atoms with Gasteiger partial charge in [-0.25, -0.2) is 4.79 Å². The molecule has 4 nitrogen and oxygen atoms in total. The smallest absolute Gasteiger partial charge is 0.330 e. The van der Waals surface area contributed by atoms with Gasteiger partial charge in [0.15, 0.2) is 0 Å². The van der Waals surface area contributed by atoms with Gasteiger partial charge in [0.2, 0.25) is 5.91 Å². The molecule has 1 amide bonds. The molecule has 2 aromatic rings. The van der Waals surface area contributed by atoms with Crippen LogP contribution in [0.4, 0.5) is 5.69 Å². The zero-order valence-corrected chi connectivity index (χ0v) is 14.5. The van der Waals surface area contributed by atoms with E-state index in [1.807, 2.05) is 41.3 Å². The molecule has 0 aromatic heterocycles. The summed E-state index contributed by atoms with van der Waals surface area (Å²) in [5.41, 5.74) is 5.33.